The van der Waals surface area contributed by atoms with Crippen LogP contribution >= 0.6 is 0 Å². The summed E-state index contributed by atoms with van der Waals surface area (Å²) >= 11 is 0. The van der Waals surface area contributed by atoms with Crippen molar-refractivity contribution >= 4 is 17.3 Å². The van der Waals surface area contributed by atoms with Crippen LogP contribution in [0.4, 0.5) is 15.8 Å². The summed E-state index contributed by atoms with van der Waals surface area (Å²) in [5.74, 6) is -0.690. The van der Waals surface area contributed by atoms with Crippen LogP contribution in [0.5, 0.6) is 0 Å². The molecule has 3 aromatic rings. The smallest absolute Gasteiger partial charge is 0.259 e. The number of carbonyl (C=O) groups is 1. The normalized spacial score (nSPS) is 18.8. The highest BCUT2D eigenvalue weighted by molar-refractivity contribution is 6.05. The number of aromatic nitrogens is 2. The van der Waals surface area contributed by atoms with Gasteiger partial charge in [0.1, 0.15) is 5.82 Å². The first kappa shape index (κ1) is 21.1. The lowest BCUT2D eigenvalue weighted by Gasteiger charge is -2.37. The number of aryl methyl sites for hydroxylation is 1. The first-order valence-electron chi connectivity index (χ1n) is 10.5. The molecule has 2 heterocycles. The van der Waals surface area contributed by atoms with Crippen LogP contribution in [0.3, 0.4) is 0 Å². The van der Waals surface area contributed by atoms with Crippen molar-refractivity contribution in [2.45, 2.75) is 39.9 Å². The molecule has 2 aromatic carbocycles. The van der Waals surface area contributed by atoms with Gasteiger partial charge in [-0.15, -0.1) is 0 Å². The van der Waals surface area contributed by atoms with E-state index in [9.17, 15) is 9.18 Å². The van der Waals surface area contributed by atoms with Gasteiger partial charge in [-0.3, -0.25) is 4.79 Å². The number of nitrogens with one attached hydrogen (secondary N) is 1. The molecule has 0 saturated carbocycles. The molecular weight excluding hydrogens is 395 g/mol. The molecule has 1 aliphatic rings. The Hall–Kier alpha value is -3.19. The molecule has 31 heavy (non-hydrogen) atoms. The van der Waals surface area contributed by atoms with E-state index in [0.717, 1.165) is 16.9 Å². The predicted octanol–water partition coefficient (Wildman–Crippen LogP) is 4.49. The Morgan fingerprint density at radius 3 is 2.48 bits per heavy atom. The molecule has 0 aliphatic carbocycles. The van der Waals surface area contributed by atoms with E-state index in [2.05, 4.69) is 10.4 Å². The SMILES string of the molecule is Cc1ccccc1-n1ncc(C(=O)Nc2ccc(N3CC(C)OC(C)C3)c(F)c2)c1C. The van der Waals surface area contributed by atoms with Gasteiger partial charge >= 0.3 is 0 Å². The van der Waals surface area contributed by atoms with Gasteiger partial charge in [0.15, 0.2) is 0 Å². The van der Waals surface area contributed by atoms with E-state index in [1.165, 1.54) is 6.07 Å². The number of benzene rings is 2. The first-order valence-corrected chi connectivity index (χ1v) is 10.5. The second-order valence-electron chi connectivity index (χ2n) is 8.12. The lowest BCUT2D eigenvalue weighted by atomic mass is 10.1. The highest BCUT2D eigenvalue weighted by Gasteiger charge is 2.24. The maximum atomic E-state index is 14.8. The highest BCUT2D eigenvalue weighted by atomic mass is 19.1. The van der Waals surface area contributed by atoms with Gasteiger partial charge in [0, 0.05) is 18.8 Å². The Kier molecular flexibility index (Phi) is 5.78. The molecule has 1 aromatic heterocycles. The summed E-state index contributed by atoms with van der Waals surface area (Å²) < 4.78 is 22.3. The van der Waals surface area contributed by atoms with Crippen molar-refractivity contribution in [1.29, 1.82) is 0 Å². The number of carbonyl (C=O) groups excluding carboxylic acids is 1. The monoisotopic (exact) mass is 422 g/mol. The maximum absolute atomic E-state index is 14.8. The summed E-state index contributed by atoms with van der Waals surface area (Å²) in [5.41, 5.74) is 4.07. The summed E-state index contributed by atoms with van der Waals surface area (Å²) in [7, 11) is 0. The van der Waals surface area contributed by atoms with Gasteiger partial charge in [-0.25, -0.2) is 9.07 Å². The third-order valence-corrected chi connectivity index (χ3v) is 5.56. The number of ether oxygens (including phenoxy) is 1. The summed E-state index contributed by atoms with van der Waals surface area (Å²) in [6, 6.07) is 12.6. The number of amides is 1. The van der Waals surface area contributed by atoms with Crippen molar-refractivity contribution in [3.63, 3.8) is 0 Å². The van der Waals surface area contributed by atoms with E-state index in [4.69, 9.17) is 4.74 Å². The van der Waals surface area contributed by atoms with Crippen LogP contribution in [0, 0.1) is 19.7 Å². The number of halogens is 1. The minimum absolute atomic E-state index is 0.0373. The van der Waals surface area contributed by atoms with Crippen LogP contribution in [0.1, 0.15) is 35.5 Å². The maximum Gasteiger partial charge on any atom is 0.259 e. The number of hydrogen-bond donors (Lipinski definition) is 1. The Morgan fingerprint density at radius 2 is 1.81 bits per heavy atom. The van der Waals surface area contributed by atoms with E-state index in [1.807, 2.05) is 56.9 Å². The Bertz CT molecular complexity index is 1100. The molecule has 162 valence electrons. The van der Waals surface area contributed by atoms with Crippen molar-refractivity contribution in [2.24, 2.45) is 0 Å². The summed E-state index contributed by atoms with van der Waals surface area (Å²) in [6.07, 6.45) is 1.61. The quantitative estimate of drug-likeness (QED) is 0.673. The van der Waals surface area contributed by atoms with Gasteiger partial charge in [-0.1, -0.05) is 18.2 Å². The van der Waals surface area contributed by atoms with E-state index >= 15 is 0 Å². The van der Waals surface area contributed by atoms with E-state index in [0.29, 0.717) is 30.0 Å². The summed E-state index contributed by atoms with van der Waals surface area (Å²) in [6.45, 7) is 9.06. The zero-order valence-corrected chi connectivity index (χ0v) is 18.2. The Morgan fingerprint density at radius 1 is 1.10 bits per heavy atom. The number of nitrogens with zero attached hydrogens (tertiary/aromatic N) is 3. The zero-order valence-electron chi connectivity index (χ0n) is 18.2. The molecule has 1 saturated heterocycles. The average Bonchev–Trinajstić information content (AvgIpc) is 3.09. The molecule has 2 atom stereocenters. The molecule has 1 amide bonds. The van der Waals surface area contributed by atoms with Crippen molar-refractivity contribution < 1.29 is 13.9 Å². The minimum atomic E-state index is -0.369. The molecule has 7 heteroatoms. The molecule has 4 rings (SSSR count). The number of morpholine rings is 1. The molecule has 0 radical (unpaired) electrons. The first-order chi connectivity index (χ1) is 14.8. The molecular formula is C24H27FN4O2. The number of hydrogen-bond acceptors (Lipinski definition) is 4. The fourth-order valence-corrected chi connectivity index (χ4v) is 4.09. The standard InChI is InChI=1S/C24H27FN4O2/c1-15-7-5-6-8-22(15)29-18(4)20(12-26-29)24(30)27-19-9-10-23(21(25)11-19)28-13-16(2)31-17(3)14-28/h5-12,16-17H,13-14H2,1-4H3,(H,27,30). The largest absolute Gasteiger partial charge is 0.372 e. The second-order valence-corrected chi connectivity index (χ2v) is 8.12. The second kappa shape index (κ2) is 8.51. The summed E-state index contributed by atoms with van der Waals surface area (Å²) in [4.78, 5) is 14.8. The molecule has 1 fully saturated rings. The van der Waals surface area contributed by atoms with Crippen LogP contribution in [-0.2, 0) is 4.74 Å². The fourth-order valence-electron chi connectivity index (χ4n) is 4.09. The average molecular weight is 423 g/mol. The predicted molar refractivity (Wildman–Crippen MR) is 120 cm³/mol. The van der Waals surface area contributed by atoms with E-state index in [-0.39, 0.29) is 23.9 Å². The van der Waals surface area contributed by atoms with Crippen LogP contribution in [-0.4, -0.2) is 41.0 Å². The van der Waals surface area contributed by atoms with Gasteiger partial charge in [0.25, 0.3) is 5.91 Å². The van der Waals surface area contributed by atoms with Crippen molar-refractivity contribution in [2.75, 3.05) is 23.3 Å². The van der Waals surface area contributed by atoms with Gasteiger partial charge in [0.05, 0.1) is 41.0 Å². The van der Waals surface area contributed by atoms with Crippen molar-refractivity contribution in [1.82, 2.24) is 9.78 Å². The van der Waals surface area contributed by atoms with Crippen LogP contribution < -0.4 is 10.2 Å². The minimum Gasteiger partial charge on any atom is -0.372 e. The topological polar surface area (TPSA) is 59.4 Å². The third-order valence-electron chi connectivity index (χ3n) is 5.56. The number of para-hydroxylation sites is 1. The lowest BCUT2D eigenvalue weighted by Crippen LogP contribution is -2.45. The van der Waals surface area contributed by atoms with Gasteiger partial charge < -0.3 is 15.0 Å². The molecule has 6 nitrogen and oxygen atoms in total. The van der Waals surface area contributed by atoms with Crippen LogP contribution in [0.25, 0.3) is 5.69 Å². The summed E-state index contributed by atoms with van der Waals surface area (Å²) in [5, 5.41) is 7.17. The van der Waals surface area contributed by atoms with E-state index in [1.54, 1.807) is 23.0 Å². The molecule has 0 spiro atoms. The van der Waals surface area contributed by atoms with Gasteiger partial charge in [-0.2, -0.15) is 5.10 Å². The number of rotatable bonds is 4. The fraction of sp³-hybridized carbons (Fsp3) is 0.333. The zero-order chi connectivity index (χ0) is 22.1. The Balaban J connectivity index is 1.52. The molecule has 1 N–H and O–H groups in total. The number of anilines is 2. The van der Waals surface area contributed by atoms with Gasteiger partial charge in [0.2, 0.25) is 0 Å². The highest BCUT2D eigenvalue weighted by Crippen LogP contribution is 2.27. The van der Waals surface area contributed by atoms with Crippen LogP contribution in [0.2, 0.25) is 0 Å². The Labute approximate surface area is 181 Å². The van der Waals surface area contributed by atoms with Crippen molar-refractivity contribution in [3.05, 3.63) is 71.3 Å². The molecule has 0 bridgehead atoms. The third kappa shape index (κ3) is 4.32. The van der Waals surface area contributed by atoms with E-state index < -0.39 is 0 Å². The lowest BCUT2D eigenvalue weighted by molar-refractivity contribution is -0.00539. The molecule has 1 aliphatic heterocycles. The van der Waals surface area contributed by atoms with Gasteiger partial charge in [-0.05, 0) is 57.5 Å². The van der Waals surface area contributed by atoms with Crippen molar-refractivity contribution in [3.8, 4) is 5.69 Å². The molecule has 2 unspecified atom stereocenters. The van der Waals surface area contributed by atoms with Crippen LogP contribution in [0.15, 0.2) is 48.7 Å².